The van der Waals surface area contributed by atoms with E-state index in [0.29, 0.717) is 0 Å². The van der Waals surface area contributed by atoms with Crippen molar-refractivity contribution in [2.45, 2.75) is 19.3 Å². The van der Waals surface area contributed by atoms with E-state index in [9.17, 15) is 19.8 Å². The van der Waals surface area contributed by atoms with E-state index in [4.69, 9.17) is 27.9 Å². The van der Waals surface area contributed by atoms with Gasteiger partial charge in [-0.3, -0.25) is 19.7 Å². The minimum atomic E-state index is -1.15. The number of aliphatic hydroxyl groups is 2. The van der Waals surface area contributed by atoms with Gasteiger partial charge >= 0.3 is 5.76 Å². The number of aromatic amines is 1. The van der Waals surface area contributed by atoms with E-state index in [2.05, 4.69) is 30.5 Å². The summed E-state index contributed by atoms with van der Waals surface area (Å²) in [5, 5.41) is 28.9. The van der Waals surface area contributed by atoms with E-state index >= 15 is 0 Å². The summed E-state index contributed by atoms with van der Waals surface area (Å²) in [4.78, 5) is 25.0. The number of ether oxygens (including phenoxy) is 1. The van der Waals surface area contributed by atoms with Crippen molar-refractivity contribution in [1.82, 2.24) is 15.6 Å². The summed E-state index contributed by atoms with van der Waals surface area (Å²) < 4.78 is 9.78. The number of nitrogens with zero attached hydrogens (tertiary/aromatic N) is 2. The van der Waals surface area contributed by atoms with E-state index in [1.807, 2.05) is 0 Å². The summed E-state index contributed by atoms with van der Waals surface area (Å²) in [6, 6.07) is 2.70. The van der Waals surface area contributed by atoms with Gasteiger partial charge in [0.15, 0.2) is 12.0 Å². The predicted octanol–water partition coefficient (Wildman–Crippen LogP) is 0.843. The van der Waals surface area contributed by atoms with Crippen LogP contribution < -0.4 is 21.2 Å². The SMILES string of the molecule is CC(O)C1=CC(Oc2c(Cl)cc(NC(=O)c3noc(=O)[nH]3)cc2Cl)=NNC1O. The molecule has 2 heterocycles. The highest BCUT2D eigenvalue weighted by Crippen LogP contribution is 2.36. The van der Waals surface area contributed by atoms with Gasteiger partial charge in [-0.15, -0.1) is 5.10 Å². The highest BCUT2D eigenvalue weighted by atomic mass is 35.5. The van der Waals surface area contributed by atoms with E-state index in [0.717, 1.165) is 0 Å². The Hall–Kier alpha value is -2.86. The van der Waals surface area contributed by atoms with Gasteiger partial charge in [0.05, 0.1) is 16.1 Å². The van der Waals surface area contributed by atoms with Crippen molar-refractivity contribution >= 4 is 40.7 Å². The second-order valence-corrected chi connectivity index (χ2v) is 6.39. The second-order valence-electron chi connectivity index (χ2n) is 5.57. The first kappa shape index (κ1) is 19.9. The van der Waals surface area contributed by atoms with Crippen molar-refractivity contribution < 1.29 is 24.3 Å². The van der Waals surface area contributed by atoms with E-state index in [-0.39, 0.29) is 38.8 Å². The van der Waals surface area contributed by atoms with Gasteiger partial charge in [0.1, 0.15) is 0 Å². The largest absolute Gasteiger partial charge is 0.439 e. The molecule has 1 aliphatic heterocycles. The van der Waals surface area contributed by atoms with Crippen LogP contribution in [0.1, 0.15) is 17.5 Å². The maximum atomic E-state index is 12.0. The Morgan fingerprint density at radius 2 is 2.07 bits per heavy atom. The number of carbonyl (C=O) groups excluding carboxylic acids is 1. The highest BCUT2D eigenvalue weighted by Gasteiger charge is 2.22. The molecule has 2 unspecified atom stereocenters. The average molecular weight is 430 g/mol. The third-order valence-corrected chi connectivity index (χ3v) is 4.06. The predicted molar refractivity (Wildman–Crippen MR) is 98.5 cm³/mol. The minimum Gasteiger partial charge on any atom is -0.434 e. The number of H-pyrrole nitrogens is 1. The Morgan fingerprint density at radius 1 is 1.39 bits per heavy atom. The summed E-state index contributed by atoms with van der Waals surface area (Å²) in [7, 11) is 0. The monoisotopic (exact) mass is 429 g/mol. The Labute approximate surface area is 166 Å². The van der Waals surface area contributed by atoms with Gasteiger partial charge in [0.2, 0.25) is 11.7 Å². The molecule has 0 radical (unpaired) electrons. The molecule has 28 heavy (non-hydrogen) atoms. The molecule has 13 heteroatoms. The quantitative estimate of drug-likeness (QED) is 0.477. The van der Waals surface area contributed by atoms with Crippen LogP contribution in [0, 0.1) is 0 Å². The lowest BCUT2D eigenvalue weighted by Crippen LogP contribution is -2.36. The van der Waals surface area contributed by atoms with Gasteiger partial charge in [0, 0.05) is 17.3 Å². The van der Waals surface area contributed by atoms with Crippen molar-refractivity contribution in [2.75, 3.05) is 5.32 Å². The standard InChI is InChI=1S/C15H13Cl2N5O6/c1-5(23)7-4-10(20-21-13(7)24)27-11-8(16)2-6(3-9(11)17)18-14(25)12-19-15(26)28-22-12/h2-5,13,21,23-24H,1H3,(H,18,25)(H,19,22,26). The zero-order chi connectivity index (χ0) is 20.4. The fraction of sp³-hybridized carbons (Fsp3) is 0.200. The van der Waals surface area contributed by atoms with E-state index < -0.39 is 24.0 Å². The first-order valence-corrected chi connectivity index (χ1v) is 8.45. The molecule has 2 atom stereocenters. The lowest BCUT2D eigenvalue weighted by molar-refractivity contribution is 0.101. The molecule has 1 aromatic carbocycles. The van der Waals surface area contributed by atoms with Crippen LogP contribution in [0.2, 0.25) is 10.0 Å². The molecule has 0 fully saturated rings. The Kier molecular flexibility index (Phi) is 5.70. The maximum Gasteiger partial charge on any atom is 0.439 e. The number of hydrogen-bond donors (Lipinski definition) is 5. The molecule has 0 saturated carbocycles. The fourth-order valence-corrected chi connectivity index (χ4v) is 2.77. The van der Waals surface area contributed by atoms with Crippen LogP contribution in [0.15, 0.2) is 38.2 Å². The van der Waals surface area contributed by atoms with Crippen molar-refractivity contribution in [2.24, 2.45) is 5.10 Å². The van der Waals surface area contributed by atoms with Crippen LogP contribution in [0.3, 0.4) is 0 Å². The second kappa shape index (κ2) is 8.02. The van der Waals surface area contributed by atoms with Crippen LogP contribution in [0.25, 0.3) is 0 Å². The van der Waals surface area contributed by atoms with Crippen molar-refractivity contribution in [3.05, 3.63) is 50.2 Å². The van der Waals surface area contributed by atoms with Crippen molar-refractivity contribution in [3.8, 4) is 5.75 Å². The number of carbonyl (C=O) groups is 1. The number of halogens is 2. The number of amides is 1. The summed E-state index contributed by atoms with van der Waals surface area (Å²) in [5.74, 6) is -1.90. The molecule has 1 amide bonds. The molecule has 11 nitrogen and oxygen atoms in total. The van der Waals surface area contributed by atoms with Gasteiger partial charge in [-0.2, -0.15) is 0 Å². The number of rotatable bonds is 4. The molecular formula is C15H13Cl2N5O6. The summed E-state index contributed by atoms with van der Waals surface area (Å²) >= 11 is 12.3. The first-order chi connectivity index (χ1) is 13.2. The molecule has 1 aromatic heterocycles. The van der Waals surface area contributed by atoms with E-state index in [1.165, 1.54) is 25.1 Å². The lowest BCUT2D eigenvalue weighted by Gasteiger charge is -2.22. The molecular weight excluding hydrogens is 417 g/mol. The zero-order valence-electron chi connectivity index (χ0n) is 14.1. The van der Waals surface area contributed by atoms with Crippen LogP contribution in [-0.4, -0.2) is 44.5 Å². The van der Waals surface area contributed by atoms with Gasteiger partial charge < -0.3 is 20.3 Å². The number of nitrogens with one attached hydrogen (secondary N) is 3. The van der Waals surface area contributed by atoms with Gasteiger partial charge in [-0.25, -0.2) is 4.79 Å². The Balaban J connectivity index is 1.79. The van der Waals surface area contributed by atoms with Gasteiger partial charge in [-0.1, -0.05) is 23.2 Å². The summed E-state index contributed by atoms with van der Waals surface area (Å²) in [5.41, 5.74) is 2.83. The zero-order valence-corrected chi connectivity index (χ0v) is 15.6. The van der Waals surface area contributed by atoms with Gasteiger partial charge in [0.25, 0.3) is 5.91 Å². The fourth-order valence-electron chi connectivity index (χ4n) is 2.21. The number of hydrogen-bond acceptors (Lipinski definition) is 9. The Bertz CT molecular complexity index is 1000. The normalized spacial score (nSPS) is 17.2. The molecule has 3 rings (SSSR count). The third-order valence-electron chi connectivity index (χ3n) is 3.50. The topological polar surface area (TPSA) is 162 Å². The number of aliphatic hydroxyl groups excluding tert-OH is 2. The maximum absolute atomic E-state index is 12.0. The first-order valence-electron chi connectivity index (χ1n) is 7.69. The van der Waals surface area contributed by atoms with Gasteiger partial charge in [-0.05, 0) is 24.2 Å². The Morgan fingerprint density at radius 3 is 2.64 bits per heavy atom. The van der Waals surface area contributed by atoms with Crippen molar-refractivity contribution in [3.63, 3.8) is 0 Å². The molecule has 0 spiro atoms. The summed E-state index contributed by atoms with van der Waals surface area (Å²) in [6.45, 7) is 1.47. The van der Waals surface area contributed by atoms with Crippen LogP contribution in [0.5, 0.6) is 5.75 Å². The van der Waals surface area contributed by atoms with Crippen LogP contribution in [0.4, 0.5) is 5.69 Å². The molecule has 0 saturated heterocycles. The minimum absolute atomic E-state index is 0.00181. The highest BCUT2D eigenvalue weighted by molar-refractivity contribution is 6.38. The molecule has 0 bridgehead atoms. The number of aromatic nitrogens is 2. The lowest BCUT2D eigenvalue weighted by atomic mass is 10.1. The van der Waals surface area contributed by atoms with Crippen LogP contribution in [-0.2, 0) is 0 Å². The van der Waals surface area contributed by atoms with Crippen LogP contribution >= 0.6 is 23.2 Å². The molecule has 5 N–H and O–H groups in total. The summed E-state index contributed by atoms with van der Waals surface area (Å²) in [6.07, 6.45) is -0.753. The molecule has 1 aliphatic rings. The van der Waals surface area contributed by atoms with E-state index in [1.54, 1.807) is 0 Å². The smallest absolute Gasteiger partial charge is 0.434 e. The average Bonchev–Trinajstić information content (AvgIpc) is 3.06. The molecule has 148 valence electrons. The number of benzene rings is 1. The molecule has 0 aliphatic carbocycles. The van der Waals surface area contributed by atoms with Crippen molar-refractivity contribution in [1.29, 1.82) is 0 Å². The third kappa shape index (κ3) is 4.34. The number of anilines is 1. The number of hydrazone groups is 1. The molecule has 2 aromatic rings.